The topological polar surface area (TPSA) is 29.3 Å². The summed E-state index contributed by atoms with van der Waals surface area (Å²) in [5.74, 6) is 0. The first-order valence-electron chi connectivity index (χ1n) is 4.47. The van der Waals surface area contributed by atoms with Crippen LogP contribution in [0, 0.1) is 0 Å². The largest absolute Gasteiger partial charge is 0.407 e. The van der Waals surface area contributed by atoms with Gasteiger partial charge in [0.1, 0.15) is 5.54 Å². The van der Waals surface area contributed by atoms with Gasteiger partial charge in [-0.25, -0.2) is 0 Å². The maximum atomic E-state index is 12.4. The van der Waals surface area contributed by atoms with Gasteiger partial charge in [0.15, 0.2) is 0 Å². The van der Waals surface area contributed by atoms with Crippen LogP contribution in [-0.2, 0) is 0 Å². The van der Waals surface area contributed by atoms with Gasteiger partial charge in [-0.2, -0.15) is 13.2 Å². The van der Waals surface area contributed by atoms with Gasteiger partial charge in [-0.05, 0) is 19.4 Å². The lowest BCUT2D eigenvalue weighted by Crippen LogP contribution is -2.55. The van der Waals surface area contributed by atoms with E-state index in [1.54, 1.807) is 4.90 Å². The van der Waals surface area contributed by atoms with Crippen LogP contribution >= 0.6 is 0 Å². The molecule has 1 aliphatic heterocycles. The molecule has 2 nitrogen and oxygen atoms in total. The minimum Gasteiger partial charge on any atom is -0.317 e. The molecule has 78 valence electrons. The second-order valence-corrected chi connectivity index (χ2v) is 3.68. The molecule has 1 aliphatic rings. The smallest absolute Gasteiger partial charge is 0.317 e. The molecule has 0 amide bonds. The van der Waals surface area contributed by atoms with Crippen molar-refractivity contribution in [3.05, 3.63) is 0 Å². The van der Waals surface area contributed by atoms with Gasteiger partial charge in [0.25, 0.3) is 0 Å². The van der Waals surface area contributed by atoms with Crippen molar-refractivity contribution in [1.29, 1.82) is 0 Å². The van der Waals surface area contributed by atoms with Crippen molar-refractivity contribution >= 4 is 0 Å². The zero-order valence-electron chi connectivity index (χ0n) is 7.69. The number of nitrogens with zero attached hydrogens (tertiary/aromatic N) is 1. The third kappa shape index (κ3) is 2.14. The summed E-state index contributed by atoms with van der Waals surface area (Å²) in [6.45, 7) is 3.06. The fourth-order valence-electron chi connectivity index (χ4n) is 1.65. The van der Waals surface area contributed by atoms with Crippen LogP contribution in [0.3, 0.4) is 0 Å². The first kappa shape index (κ1) is 10.8. The number of hydrogen-bond acceptors (Lipinski definition) is 2. The highest BCUT2D eigenvalue weighted by Gasteiger charge is 2.54. The monoisotopic (exact) mass is 196 g/mol. The molecule has 13 heavy (non-hydrogen) atoms. The van der Waals surface area contributed by atoms with Crippen LogP contribution in [0.4, 0.5) is 13.2 Å². The molecule has 1 heterocycles. The van der Waals surface area contributed by atoms with Crippen LogP contribution in [0.1, 0.15) is 19.8 Å². The van der Waals surface area contributed by atoms with Gasteiger partial charge in [-0.1, -0.05) is 6.92 Å². The standard InChI is InChI=1S/C8H15F3N2/c1-2-4-13-5-3-7(12,6-13)8(9,10)11/h2-6,12H2,1H3. The molecule has 2 N–H and O–H groups in total. The SMILES string of the molecule is CCCN1CCC(N)(C(F)(F)F)C1. The van der Waals surface area contributed by atoms with Crippen LogP contribution in [-0.4, -0.2) is 36.2 Å². The fraction of sp³-hybridized carbons (Fsp3) is 1.00. The zero-order chi connectivity index (χ0) is 10.1. The highest BCUT2D eigenvalue weighted by Crippen LogP contribution is 2.35. The lowest BCUT2D eigenvalue weighted by Gasteiger charge is -2.27. The minimum atomic E-state index is -4.27. The van der Waals surface area contributed by atoms with E-state index >= 15 is 0 Å². The van der Waals surface area contributed by atoms with Gasteiger partial charge in [0.2, 0.25) is 0 Å². The summed E-state index contributed by atoms with van der Waals surface area (Å²) in [5.41, 5.74) is 3.32. The Kier molecular flexibility index (Phi) is 2.87. The second-order valence-electron chi connectivity index (χ2n) is 3.68. The molecule has 1 fully saturated rings. The first-order chi connectivity index (χ1) is 5.89. The molecule has 0 aromatic heterocycles. The van der Waals surface area contributed by atoms with Crippen LogP contribution in [0.15, 0.2) is 0 Å². The lowest BCUT2D eigenvalue weighted by atomic mass is 10.00. The number of alkyl halides is 3. The maximum absolute atomic E-state index is 12.4. The van der Waals surface area contributed by atoms with Gasteiger partial charge in [0, 0.05) is 13.1 Å². The van der Waals surface area contributed by atoms with Crippen LogP contribution in [0.5, 0.6) is 0 Å². The second kappa shape index (κ2) is 3.46. The lowest BCUT2D eigenvalue weighted by molar-refractivity contribution is -0.181. The number of hydrogen-bond donors (Lipinski definition) is 1. The van der Waals surface area contributed by atoms with E-state index in [9.17, 15) is 13.2 Å². The molecule has 1 rings (SSSR count). The van der Waals surface area contributed by atoms with Crippen molar-refractivity contribution in [3.63, 3.8) is 0 Å². The van der Waals surface area contributed by atoms with Gasteiger partial charge in [-0.3, -0.25) is 0 Å². The van der Waals surface area contributed by atoms with E-state index < -0.39 is 11.7 Å². The Balaban J connectivity index is 2.56. The van der Waals surface area contributed by atoms with Crippen molar-refractivity contribution in [2.24, 2.45) is 5.73 Å². The molecule has 0 aromatic rings. The molecule has 0 radical (unpaired) electrons. The van der Waals surface area contributed by atoms with E-state index in [2.05, 4.69) is 0 Å². The summed E-state index contributed by atoms with van der Waals surface area (Å²) in [4.78, 5) is 1.77. The minimum absolute atomic E-state index is 0.0243. The molecule has 5 heteroatoms. The van der Waals surface area contributed by atoms with Gasteiger partial charge in [-0.15, -0.1) is 0 Å². The Bertz CT molecular complexity index is 181. The van der Waals surface area contributed by atoms with Crippen molar-refractivity contribution in [2.75, 3.05) is 19.6 Å². The molecular weight excluding hydrogens is 181 g/mol. The third-order valence-corrected chi connectivity index (χ3v) is 2.48. The Morgan fingerprint density at radius 2 is 2.08 bits per heavy atom. The highest BCUT2D eigenvalue weighted by atomic mass is 19.4. The van der Waals surface area contributed by atoms with Crippen molar-refractivity contribution < 1.29 is 13.2 Å². The third-order valence-electron chi connectivity index (χ3n) is 2.48. The Morgan fingerprint density at radius 1 is 1.46 bits per heavy atom. The summed E-state index contributed by atoms with van der Waals surface area (Å²) < 4.78 is 37.2. The van der Waals surface area contributed by atoms with Crippen LogP contribution in [0.2, 0.25) is 0 Å². The van der Waals surface area contributed by atoms with E-state index in [0.717, 1.165) is 6.42 Å². The van der Waals surface area contributed by atoms with Crippen molar-refractivity contribution in [2.45, 2.75) is 31.5 Å². The van der Waals surface area contributed by atoms with Crippen LogP contribution < -0.4 is 5.73 Å². The van der Waals surface area contributed by atoms with Gasteiger partial charge >= 0.3 is 6.18 Å². The fourth-order valence-corrected chi connectivity index (χ4v) is 1.65. The number of rotatable bonds is 2. The van der Waals surface area contributed by atoms with E-state index in [-0.39, 0.29) is 13.0 Å². The number of halogens is 3. The van der Waals surface area contributed by atoms with E-state index in [0.29, 0.717) is 13.1 Å². The molecular formula is C8H15F3N2. The van der Waals surface area contributed by atoms with Gasteiger partial charge in [0.05, 0.1) is 0 Å². The molecule has 0 aromatic carbocycles. The number of nitrogens with two attached hydrogens (primary N) is 1. The maximum Gasteiger partial charge on any atom is 0.407 e. The van der Waals surface area contributed by atoms with Crippen LogP contribution in [0.25, 0.3) is 0 Å². The first-order valence-corrected chi connectivity index (χ1v) is 4.47. The van der Waals surface area contributed by atoms with Crippen molar-refractivity contribution in [1.82, 2.24) is 4.90 Å². The summed E-state index contributed by atoms with van der Waals surface area (Å²) in [6, 6.07) is 0. The summed E-state index contributed by atoms with van der Waals surface area (Å²) in [5, 5.41) is 0. The molecule has 0 saturated carbocycles. The quantitative estimate of drug-likeness (QED) is 0.722. The van der Waals surface area contributed by atoms with E-state index in [1.807, 2.05) is 6.92 Å². The number of likely N-dealkylation sites (tertiary alicyclic amines) is 1. The Labute approximate surface area is 75.9 Å². The molecule has 0 bridgehead atoms. The summed E-state index contributed by atoms with van der Waals surface area (Å²) >= 11 is 0. The highest BCUT2D eigenvalue weighted by molar-refractivity contribution is 4.99. The zero-order valence-corrected chi connectivity index (χ0v) is 7.69. The molecule has 1 unspecified atom stereocenters. The summed E-state index contributed by atoms with van der Waals surface area (Å²) in [6.07, 6.45) is -3.38. The molecule has 1 saturated heterocycles. The van der Waals surface area contributed by atoms with Gasteiger partial charge < -0.3 is 10.6 Å². The van der Waals surface area contributed by atoms with E-state index in [1.165, 1.54) is 0 Å². The molecule has 0 aliphatic carbocycles. The molecule has 1 atom stereocenters. The Morgan fingerprint density at radius 3 is 2.46 bits per heavy atom. The average molecular weight is 196 g/mol. The molecule has 0 spiro atoms. The normalized spacial score (nSPS) is 31.2. The summed E-state index contributed by atoms with van der Waals surface area (Å²) in [7, 11) is 0. The van der Waals surface area contributed by atoms with Crippen molar-refractivity contribution in [3.8, 4) is 0 Å². The van der Waals surface area contributed by atoms with E-state index in [4.69, 9.17) is 5.73 Å². The Hall–Kier alpha value is -0.290. The average Bonchev–Trinajstić information content (AvgIpc) is 2.32. The predicted molar refractivity (Wildman–Crippen MR) is 44.3 cm³/mol. The predicted octanol–water partition coefficient (Wildman–Crippen LogP) is 1.36.